The second-order valence-corrected chi connectivity index (χ2v) is 7.97. The van der Waals surface area contributed by atoms with Crippen LogP contribution in [0, 0.1) is 0 Å². The highest BCUT2D eigenvalue weighted by Gasteiger charge is 2.17. The third-order valence-corrected chi connectivity index (χ3v) is 5.19. The fraction of sp³-hybridized carbons (Fsp3) is 0.375. The first kappa shape index (κ1) is 23.7. The third-order valence-electron chi connectivity index (χ3n) is 4.99. The average molecular weight is 456 g/mol. The maximum Gasteiger partial charge on any atom is 0.257 e. The lowest BCUT2D eigenvalue weighted by Gasteiger charge is -2.13. The molecular weight excluding hydrogens is 426 g/mol. The van der Waals surface area contributed by atoms with Crippen molar-refractivity contribution in [2.75, 3.05) is 25.1 Å². The van der Waals surface area contributed by atoms with Gasteiger partial charge in [-0.2, -0.15) is 0 Å². The molecule has 0 saturated carbocycles. The zero-order valence-electron chi connectivity index (χ0n) is 18.2. The minimum Gasteiger partial charge on any atom is -0.494 e. The van der Waals surface area contributed by atoms with Crippen LogP contribution in [0.3, 0.4) is 0 Å². The number of nitrogens with one attached hydrogen (secondary N) is 3. The van der Waals surface area contributed by atoms with Crippen molar-refractivity contribution in [2.24, 2.45) is 0 Å². The third kappa shape index (κ3) is 7.32. The number of amides is 2. The van der Waals surface area contributed by atoms with Crippen LogP contribution in [0.5, 0.6) is 5.75 Å². The maximum atomic E-state index is 12.5. The van der Waals surface area contributed by atoms with Crippen molar-refractivity contribution in [1.29, 1.82) is 0 Å². The quantitative estimate of drug-likeness (QED) is 0.393. The molecule has 2 aromatic carbocycles. The van der Waals surface area contributed by atoms with Gasteiger partial charge in [0.2, 0.25) is 0 Å². The van der Waals surface area contributed by atoms with Crippen LogP contribution < -0.4 is 20.7 Å². The average Bonchev–Trinajstić information content (AvgIpc) is 3.31. The van der Waals surface area contributed by atoms with Crippen LogP contribution in [0.4, 0.5) is 5.69 Å². The Hall–Kier alpha value is -2.97. The normalized spacial score (nSPS) is 15.1. The van der Waals surface area contributed by atoms with E-state index in [2.05, 4.69) is 22.9 Å². The molecule has 3 N–H and O–H groups in total. The van der Waals surface area contributed by atoms with E-state index in [1.807, 2.05) is 6.07 Å². The van der Waals surface area contributed by atoms with Crippen molar-refractivity contribution >= 4 is 34.8 Å². The predicted molar refractivity (Wildman–Crippen MR) is 128 cm³/mol. The fourth-order valence-corrected chi connectivity index (χ4v) is 3.46. The molecule has 1 saturated heterocycles. The Labute approximate surface area is 193 Å². The van der Waals surface area contributed by atoms with Gasteiger partial charge in [0.15, 0.2) is 5.11 Å². The van der Waals surface area contributed by atoms with Gasteiger partial charge in [0, 0.05) is 30.0 Å². The van der Waals surface area contributed by atoms with Crippen LogP contribution >= 0.6 is 12.2 Å². The van der Waals surface area contributed by atoms with Gasteiger partial charge in [-0.3, -0.25) is 14.9 Å². The topological polar surface area (TPSA) is 88.7 Å². The molecule has 2 aromatic rings. The number of hydrogen-bond donors (Lipinski definition) is 3. The van der Waals surface area contributed by atoms with Crippen LogP contribution in [-0.4, -0.2) is 42.8 Å². The molecule has 3 rings (SSSR count). The van der Waals surface area contributed by atoms with Gasteiger partial charge in [0.1, 0.15) is 5.75 Å². The monoisotopic (exact) mass is 455 g/mol. The number of carbonyl (C=O) groups excluding carboxylic acids is 2. The molecular formula is C24H29N3O4S. The van der Waals surface area contributed by atoms with Crippen molar-refractivity contribution < 1.29 is 19.1 Å². The molecule has 0 aromatic heterocycles. The van der Waals surface area contributed by atoms with E-state index in [0.29, 0.717) is 35.7 Å². The maximum absolute atomic E-state index is 12.5. The molecule has 0 radical (unpaired) electrons. The number of ether oxygens (including phenoxy) is 2. The van der Waals surface area contributed by atoms with Gasteiger partial charge < -0.3 is 20.1 Å². The predicted octanol–water partition coefficient (Wildman–Crippen LogP) is 3.90. The summed E-state index contributed by atoms with van der Waals surface area (Å²) in [5, 5.41) is 8.65. The molecule has 32 heavy (non-hydrogen) atoms. The SMILES string of the molecule is CCCCOc1cccc(C(=O)NC(=S)Nc2cccc(C(=O)NCC3CCCO3)c2)c1. The number of thiocarbonyl (C=S) groups is 1. The highest BCUT2D eigenvalue weighted by atomic mass is 32.1. The molecule has 0 aliphatic carbocycles. The summed E-state index contributed by atoms with van der Waals surface area (Å²) in [7, 11) is 0. The summed E-state index contributed by atoms with van der Waals surface area (Å²) >= 11 is 5.27. The van der Waals surface area contributed by atoms with Crippen molar-refractivity contribution in [3.05, 3.63) is 59.7 Å². The Kier molecular flexibility index (Phi) is 9.01. The van der Waals surface area contributed by atoms with Crippen molar-refractivity contribution in [1.82, 2.24) is 10.6 Å². The van der Waals surface area contributed by atoms with Gasteiger partial charge in [0.25, 0.3) is 11.8 Å². The number of hydrogen-bond acceptors (Lipinski definition) is 5. The van der Waals surface area contributed by atoms with Crippen LogP contribution in [0.2, 0.25) is 0 Å². The van der Waals surface area contributed by atoms with Gasteiger partial charge >= 0.3 is 0 Å². The van der Waals surface area contributed by atoms with E-state index in [-0.39, 0.29) is 23.0 Å². The number of unbranched alkanes of at least 4 members (excludes halogenated alkanes) is 1. The van der Waals surface area contributed by atoms with Crippen LogP contribution in [-0.2, 0) is 4.74 Å². The van der Waals surface area contributed by atoms with Gasteiger partial charge in [-0.1, -0.05) is 25.5 Å². The van der Waals surface area contributed by atoms with Gasteiger partial charge in [-0.15, -0.1) is 0 Å². The molecule has 1 aliphatic rings. The van der Waals surface area contributed by atoms with Crippen LogP contribution in [0.1, 0.15) is 53.3 Å². The second-order valence-electron chi connectivity index (χ2n) is 7.56. The molecule has 1 fully saturated rings. The van der Waals surface area contributed by atoms with Gasteiger partial charge in [-0.05, 0) is 67.9 Å². The first-order chi connectivity index (χ1) is 15.5. The molecule has 1 heterocycles. The Morgan fingerprint density at radius 1 is 1.12 bits per heavy atom. The lowest BCUT2D eigenvalue weighted by molar-refractivity contribution is 0.0857. The molecule has 1 atom stereocenters. The molecule has 0 spiro atoms. The first-order valence-corrected chi connectivity index (χ1v) is 11.3. The number of benzene rings is 2. The summed E-state index contributed by atoms with van der Waals surface area (Å²) in [4.78, 5) is 25.0. The van der Waals surface area contributed by atoms with E-state index in [1.165, 1.54) is 0 Å². The molecule has 2 amide bonds. The standard InChI is InChI=1S/C24H29N3O4S/c1-2-3-12-30-20-10-5-8-18(15-20)23(29)27-24(32)26-19-9-4-7-17(14-19)22(28)25-16-21-11-6-13-31-21/h4-5,7-10,14-15,21H,2-3,6,11-13,16H2,1H3,(H,25,28)(H2,26,27,29,32). The number of carbonyl (C=O) groups is 2. The van der Waals surface area contributed by atoms with Crippen LogP contribution in [0.25, 0.3) is 0 Å². The summed E-state index contributed by atoms with van der Waals surface area (Å²) in [6, 6.07) is 13.9. The smallest absolute Gasteiger partial charge is 0.257 e. The minimum atomic E-state index is -0.339. The van der Waals surface area contributed by atoms with Crippen LogP contribution in [0.15, 0.2) is 48.5 Å². The summed E-state index contributed by atoms with van der Waals surface area (Å²) < 4.78 is 11.2. The molecule has 7 nitrogen and oxygen atoms in total. The Morgan fingerprint density at radius 2 is 1.91 bits per heavy atom. The molecule has 1 unspecified atom stereocenters. The highest BCUT2D eigenvalue weighted by Crippen LogP contribution is 2.15. The first-order valence-electron chi connectivity index (χ1n) is 10.9. The summed E-state index contributed by atoms with van der Waals surface area (Å²) in [5.74, 6) is 0.125. The Bertz CT molecular complexity index is 944. The largest absolute Gasteiger partial charge is 0.494 e. The number of rotatable bonds is 9. The fourth-order valence-electron chi connectivity index (χ4n) is 3.25. The van der Waals surface area contributed by atoms with E-state index < -0.39 is 0 Å². The van der Waals surface area contributed by atoms with Gasteiger partial charge in [0.05, 0.1) is 12.7 Å². The molecule has 0 bridgehead atoms. The second kappa shape index (κ2) is 12.2. The number of anilines is 1. The molecule has 8 heteroatoms. The van der Waals surface area contributed by atoms with Crippen molar-refractivity contribution in [3.8, 4) is 5.75 Å². The van der Waals surface area contributed by atoms with Crippen molar-refractivity contribution in [2.45, 2.75) is 38.7 Å². The highest BCUT2D eigenvalue weighted by molar-refractivity contribution is 7.80. The zero-order valence-corrected chi connectivity index (χ0v) is 19.0. The van der Waals surface area contributed by atoms with E-state index in [4.69, 9.17) is 21.7 Å². The summed E-state index contributed by atoms with van der Waals surface area (Å²) in [6.45, 7) is 3.94. The minimum absolute atomic E-state index is 0.0820. The van der Waals surface area contributed by atoms with E-state index in [1.54, 1.807) is 42.5 Å². The Balaban J connectivity index is 1.52. The van der Waals surface area contributed by atoms with Gasteiger partial charge in [-0.25, -0.2) is 0 Å². The lowest BCUT2D eigenvalue weighted by Crippen LogP contribution is -2.34. The molecule has 1 aliphatic heterocycles. The lowest BCUT2D eigenvalue weighted by atomic mass is 10.1. The van der Waals surface area contributed by atoms with E-state index in [0.717, 1.165) is 32.3 Å². The summed E-state index contributed by atoms with van der Waals surface area (Å²) in [6.07, 6.45) is 4.06. The van der Waals surface area contributed by atoms with E-state index in [9.17, 15) is 9.59 Å². The Morgan fingerprint density at radius 3 is 2.66 bits per heavy atom. The zero-order chi connectivity index (χ0) is 22.8. The molecule has 170 valence electrons. The summed E-state index contributed by atoms with van der Waals surface area (Å²) in [5.41, 5.74) is 1.56. The van der Waals surface area contributed by atoms with Crippen molar-refractivity contribution in [3.63, 3.8) is 0 Å². The van der Waals surface area contributed by atoms with E-state index >= 15 is 0 Å².